The van der Waals surface area contributed by atoms with Gasteiger partial charge in [-0.15, -0.1) is 6.58 Å². The zero-order chi connectivity index (χ0) is 19.1. The van der Waals surface area contributed by atoms with E-state index >= 15 is 0 Å². The van der Waals surface area contributed by atoms with Crippen LogP contribution in [0.5, 0.6) is 0 Å². The molecule has 4 heteroatoms. The van der Waals surface area contributed by atoms with E-state index in [0.29, 0.717) is 6.61 Å². The molecule has 0 amide bonds. The summed E-state index contributed by atoms with van der Waals surface area (Å²) in [5, 5.41) is 9.20. The predicted octanol–water partition coefficient (Wildman–Crippen LogP) is 5.00. The van der Waals surface area contributed by atoms with Crippen LogP contribution in [0, 0.1) is 0 Å². The fourth-order valence-corrected chi connectivity index (χ4v) is 1.59. The Morgan fingerprint density at radius 2 is 1.67 bits per heavy atom. The normalized spacial score (nSPS) is 10.2. The summed E-state index contributed by atoms with van der Waals surface area (Å²) in [6, 6.07) is 0. The van der Waals surface area contributed by atoms with Gasteiger partial charge in [0, 0.05) is 13.3 Å². The standard InChI is InChI=1S/C9H18O.C6H12O.C5H8O2/c1-3-5-6-8-9(10)7-4-2;1-2-3-4-5-6-7;1-3-4-7-5(2)6/h4,9-10H,2-3,5-8H2,1H3;6H,2-5H2,1H3;3H,1,4H2,2H3. The summed E-state index contributed by atoms with van der Waals surface area (Å²) >= 11 is 0. The number of rotatable bonds is 12. The third-order valence-corrected chi connectivity index (χ3v) is 2.91. The highest BCUT2D eigenvalue weighted by atomic mass is 16.5. The first kappa shape index (κ1) is 27.4. The molecular formula is C20H38O4. The van der Waals surface area contributed by atoms with Gasteiger partial charge >= 0.3 is 5.97 Å². The van der Waals surface area contributed by atoms with Gasteiger partial charge in [-0.25, -0.2) is 0 Å². The van der Waals surface area contributed by atoms with Crippen molar-refractivity contribution in [2.75, 3.05) is 6.61 Å². The first-order valence-corrected chi connectivity index (χ1v) is 8.96. The Bertz CT molecular complexity index is 287. The number of aliphatic hydroxyl groups is 1. The molecule has 1 N–H and O–H groups in total. The fourth-order valence-electron chi connectivity index (χ4n) is 1.59. The van der Waals surface area contributed by atoms with Crippen molar-refractivity contribution >= 4 is 12.3 Å². The Kier molecular flexibility index (Phi) is 30.3. The van der Waals surface area contributed by atoms with E-state index in [-0.39, 0.29) is 12.1 Å². The largest absolute Gasteiger partial charge is 0.462 e. The predicted molar refractivity (Wildman–Crippen MR) is 102 cm³/mol. The van der Waals surface area contributed by atoms with Gasteiger partial charge in [-0.1, -0.05) is 64.7 Å². The SMILES string of the molecule is C=CCC(O)CCCCC.C=CCOC(C)=O.CCCCCC=O. The number of ether oxygens (including phenoxy) is 1. The van der Waals surface area contributed by atoms with Gasteiger partial charge < -0.3 is 14.6 Å². The van der Waals surface area contributed by atoms with Gasteiger partial charge in [0.15, 0.2) is 0 Å². The molecule has 0 aromatic rings. The van der Waals surface area contributed by atoms with Crippen LogP contribution in [0.25, 0.3) is 0 Å². The lowest BCUT2D eigenvalue weighted by Crippen LogP contribution is -2.03. The van der Waals surface area contributed by atoms with Crippen molar-refractivity contribution < 1.29 is 19.4 Å². The number of esters is 1. The van der Waals surface area contributed by atoms with E-state index in [1.54, 1.807) is 6.08 Å². The first-order chi connectivity index (χ1) is 11.5. The number of carbonyl (C=O) groups is 2. The van der Waals surface area contributed by atoms with Crippen LogP contribution in [0.2, 0.25) is 0 Å². The van der Waals surface area contributed by atoms with E-state index in [2.05, 4.69) is 31.7 Å². The zero-order valence-electron chi connectivity index (χ0n) is 16.0. The minimum atomic E-state index is -0.264. The maximum absolute atomic E-state index is 9.93. The lowest BCUT2D eigenvalue weighted by molar-refractivity contribution is -0.139. The summed E-state index contributed by atoms with van der Waals surface area (Å²) < 4.78 is 4.43. The number of aliphatic hydroxyl groups excluding tert-OH is 1. The van der Waals surface area contributed by atoms with E-state index < -0.39 is 0 Å². The molecule has 0 saturated heterocycles. The molecule has 0 radical (unpaired) electrons. The quantitative estimate of drug-likeness (QED) is 0.234. The Labute approximate surface area is 149 Å². The molecule has 0 aliphatic carbocycles. The molecule has 0 heterocycles. The lowest BCUT2D eigenvalue weighted by Gasteiger charge is -2.05. The van der Waals surface area contributed by atoms with Gasteiger partial charge in [-0.3, -0.25) is 4.79 Å². The van der Waals surface area contributed by atoms with Crippen LogP contribution in [0.1, 0.15) is 78.6 Å². The highest BCUT2D eigenvalue weighted by Gasteiger charge is 1.98. The monoisotopic (exact) mass is 342 g/mol. The average Bonchev–Trinajstić information content (AvgIpc) is 2.55. The zero-order valence-corrected chi connectivity index (χ0v) is 16.0. The topological polar surface area (TPSA) is 63.6 Å². The third-order valence-electron chi connectivity index (χ3n) is 2.91. The average molecular weight is 343 g/mol. The second kappa shape index (κ2) is 26.5. The van der Waals surface area contributed by atoms with Gasteiger partial charge in [-0.05, 0) is 19.3 Å². The summed E-state index contributed by atoms with van der Waals surface area (Å²) in [5.41, 5.74) is 0. The molecule has 1 unspecified atom stereocenters. The Morgan fingerprint density at radius 1 is 1.08 bits per heavy atom. The fraction of sp³-hybridized carbons (Fsp3) is 0.700. The van der Waals surface area contributed by atoms with Crippen LogP contribution in [0.4, 0.5) is 0 Å². The number of carbonyl (C=O) groups excluding carboxylic acids is 2. The van der Waals surface area contributed by atoms with Crippen LogP contribution >= 0.6 is 0 Å². The number of unbranched alkanes of at least 4 members (excludes halogenated alkanes) is 5. The van der Waals surface area contributed by atoms with Crippen LogP contribution in [-0.2, 0) is 14.3 Å². The minimum absolute atomic E-state index is 0.149. The van der Waals surface area contributed by atoms with Gasteiger partial charge in [-0.2, -0.15) is 0 Å². The van der Waals surface area contributed by atoms with Crippen molar-refractivity contribution in [3.8, 4) is 0 Å². The van der Waals surface area contributed by atoms with E-state index in [1.165, 1.54) is 38.7 Å². The summed E-state index contributed by atoms with van der Waals surface area (Å²) in [6.45, 7) is 12.9. The molecule has 0 aromatic heterocycles. The highest BCUT2D eigenvalue weighted by molar-refractivity contribution is 5.65. The first-order valence-electron chi connectivity index (χ1n) is 8.96. The van der Waals surface area contributed by atoms with Crippen molar-refractivity contribution in [3.05, 3.63) is 25.3 Å². The minimum Gasteiger partial charge on any atom is -0.462 e. The van der Waals surface area contributed by atoms with Crippen molar-refractivity contribution in [1.82, 2.24) is 0 Å². The van der Waals surface area contributed by atoms with Crippen LogP contribution in [0.3, 0.4) is 0 Å². The molecule has 0 aliphatic rings. The highest BCUT2D eigenvalue weighted by Crippen LogP contribution is 2.05. The molecule has 0 saturated carbocycles. The van der Waals surface area contributed by atoms with Gasteiger partial charge in [0.1, 0.15) is 12.9 Å². The molecule has 1 atom stereocenters. The van der Waals surface area contributed by atoms with Gasteiger partial charge in [0.2, 0.25) is 0 Å². The number of aldehydes is 1. The second-order valence-corrected chi connectivity index (χ2v) is 5.43. The van der Waals surface area contributed by atoms with Crippen molar-refractivity contribution in [3.63, 3.8) is 0 Å². The Hall–Kier alpha value is -1.42. The van der Waals surface area contributed by atoms with Crippen LogP contribution < -0.4 is 0 Å². The van der Waals surface area contributed by atoms with E-state index in [4.69, 9.17) is 0 Å². The number of hydrogen-bond acceptors (Lipinski definition) is 4. The Balaban J connectivity index is -0.000000283. The van der Waals surface area contributed by atoms with Crippen molar-refractivity contribution in [1.29, 1.82) is 0 Å². The lowest BCUT2D eigenvalue weighted by atomic mass is 10.1. The van der Waals surface area contributed by atoms with E-state index in [9.17, 15) is 14.7 Å². The summed E-state index contributed by atoms with van der Waals surface area (Å²) in [7, 11) is 0. The van der Waals surface area contributed by atoms with Gasteiger partial charge in [0.25, 0.3) is 0 Å². The van der Waals surface area contributed by atoms with Crippen LogP contribution in [-0.4, -0.2) is 30.1 Å². The summed E-state index contributed by atoms with van der Waals surface area (Å²) in [6.07, 6.45) is 13.6. The molecule has 0 aliphatic heterocycles. The van der Waals surface area contributed by atoms with Crippen molar-refractivity contribution in [2.24, 2.45) is 0 Å². The molecule has 0 rings (SSSR count). The third kappa shape index (κ3) is 37.1. The molecule has 0 aromatic carbocycles. The second-order valence-electron chi connectivity index (χ2n) is 5.43. The summed E-state index contributed by atoms with van der Waals surface area (Å²) in [5.74, 6) is -0.264. The molecular weight excluding hydrogens is 304 g/mol. The number of hydrogen-bond donors (Lipinski definition) is 1. The summed E-state index contributed by atoms with van der Waals surface area (Å²) in [4.78, 5) is 19.6. The maximum Gasteiger partial charge on any atom is 0.302 e. The Morgan fingerprint density at radius 3 is 2.04 bits per heavy atom. The smallest absolute Gasteiger partial charge is 0.302 e. The molecule has 4 nitrogen and oxygen atoms in total. The van der Waals surface area contributed by atoms with Crippen LogP contribution in [0.15, 0.2) is 25.3 Å². The molecule has 24 heavy (non-hydrogen) atoms. The molecule has 0 spiro atoms. The van der Waals surface area contributed by atoms with E-state index in [1.807, 2.05) is 0 Å². The molecule has 142 valence electrons. The molecule has 0 bridgehead atoms. The van der Waals surface area contributed by atoms with Crippen molar-refractivity contribution in [2.45, 2.75) is 84.7 Å². The van der Waals surface area contributed by atoms with Gasteiger partial charge in [0.05, 0.1) is 6.10 Å². The maximum atomic E-state index is 9.93. The van der Waals surface area contributed by atoms with E-state index in [0.717, 1.165) is 38.4 Å². The molecule has 0 fully saturated rings.